The number of benzene rings is 3. The molecule has 4 nitrogen and oxygen atoms in total. The molecule has 2 aromatic heterocycles. The molecule has 1 N–H and O–H groups in total. The van der Waals surface area contributed by atoms with E-state index in [0.29, 0.717) is 0 Å². The van der Waals surface area contributed by atoms with Crippen molar-refractivity contribution in [3.8, 4) is 0 Å². The van der Waals surface area contributed by atoms with Crippen molar-refractivity contribution in [3.05, 3.63) is 120 Å². The number of aromatic amines is 1. The molecular formula is C26H19N3O. The highest BCUT2D eigenvalue weighted by molar-refractivity contribution is 6.12. The Bertz CT molecular complexity index is 1350. The summed E-state index contributed by atoms with van der Waals surface area (Å²) < 4.78 is 5.81. The lowest BCUT2D eigenvalue weighted by Crippen LogP contribution is -2.38. The largest absolute Gasteiger partial charge is 0.461 e. The molecule has 0 saturated carbocycles. The van der Waals surface area contributed by atoms with E-state index < -0.39 is 0 Å². The lowest BCUT2D eigenvalue weighted by Gasteiger charge is -2.37. The van der Waals surface area contributed by atoms with Crippen molar-refractivity contribution in [1.82, 2.24) is 4.98 Å². The molecule has 144 valence electrons. The summed E-state index contributed by atoms with van der Waals surface area (Å²) in [6, 6.07) is 31.0. The number of nitrogens with zero attached hydrogens (tertiary/aromatic N) is 2. The first-order valence-corrected chi connectivity index (χ1v) is 10.0. The standard InChI is InChI=1S/C26H19N3O/c1-2-9-18(10-3-1)29-25(21-17-27-22-13-6-4-11-19(21)22)20-12-5-7-14-23(20)28-26(29)24-15-8-16-30-24/h1-17,25,27H. The number of fused-ring (bicyclic) bond motifs is 2. The number of hydrogen-bond donors (Lipinski definition) is 1. The maximum Gasteiger partial charge on any atom is 0.177 e. The van der Waals surface area contributed by atoms with Crippen LogP contribution >= 0.6 is 0 Å². The van der Waals surface area contributed by atoms with Gasteiger partial charge in [0.1, 0.15) is 0 Å². The van der Waals surface area contributed by atoms with E-state index in [1.54, 1.807) is 6.26 Å². The zero-order chi connectivity index (χ0) is 19.9. The molecular weight excluding hydrogens is 370 g/mol. The summed E-state index contributed by atoms with van der Waals surface area (Å²) in [5.74, 6) is 1.55. The van der Waals surface area contributed by atoms with E-state index >= 15 is 0 Å². The van der Waals surface area contributed by atoms with Gasteiger partial charge in [0.2, 0.25) is 0 Å². The van der Waals surface area contributed by atoms with Crippen LogP contribution in [0.4, 0.5) is 11.4 Å². The van der Waals surface area contributed by atoms with Crippen molar-refractivity contribution in [2.45, 2.75) is 6.04 Å². The van der Waals surface area contributed by atoms with Crippen LogP contribution in [-0.4, -0.2) is 10.8 Å². The Kier molecular flexibility index (Phi) is 3.81. The molecule has 1 unspecified atom stereocenters. The van der Waals surface area contributed by atoms with Crippen molar-refractivity contribution in [2.24, 2.45) is 4.99 Å². The quantitative estimate of drug-likeness (QED) is 0.385. The summed E-state index contributed by atoms with van der Waals surface area (Å²) in [6.07, 6.45) is 3.81. The molecule has 30 heavy (non-hydrogen) atoms. The maximum absolute atomic E-state index is 5.81. The summed E-state index contributed by atoms with van der Waals surface area (Å²) in [4.78, 5) is 10.7. The van der Waals surface area contributed by atoms with Crippen LogP contribution in [0.1, 0.15) is 22.9 Å². The van der Waals surface area contributed by atoms with Crippen LogP contribution in [-0.2, 0) is 0 Å². The minimum atomic E-state index is -0.0441. The van der Waals surface area contributed by atoms with E-state index in [9.17, 15) is 0 Å². The number of furan rings is 1. The number of aromatic nitrogens is 1. The monoisotopic (exact) mass is 389 g/mol. The third kappa shape index (κ3) is 2.58. The van der Waals surface area contributed by atoms with Gasteiger partial charge < -0.3 is 14.3 Å². The number of nitrogens with one attached hydrogen (secondary N) is 1. The second-order valence-electron chi connectivity index (χ2n) is 7.37. The first-order chi connectivity index (χ1) is 14.9. The Morgan fingerprint density at radius 3 is 2.43 bits per heavy atom. The molecule has 1 aliphatic heterocycles. The van der Waals surface area contributed by atoms with Crippen molar-refractivity contribution < 1.29 is 4.42 Å². The van der Waals surface area contributed by atoms with Crippen LogP contribution in [0.5, 0.6) is 0 Å². The van der Waals surface area contributed by atoms with E-state index in [2.05, 4.69) is 82.8 Å². The first-order valence-electron chi connectivity index (χ1n) is 10.0. The second-order valence-corrected chi connectivity index (χ2v) is 7.37. The van der Waals surface area contributed by atoms with Crippen LogP contribution < -0.4 is 4.90 Å². The van der Waals surface area contributed by atoms with Crippen LogP contribution in [0.25, 0.3) is 10.9 Å². The lowest BCUT2D eigenvalue weighted by atomic mass is 9.92. The average Bonchev–Trinajstić information content (AvgIpc) is 3.49. The van der Waals surface area contributed by atoms with Gasteiger partial charge in [-0.15, -0.1) is 0 Å². The molecule has 3 aromatic carbocycles. The number of H-pyrrole nitrogens is 1. The zero-order valence-corrected chi connectivity index (χ0v) is 16.2. The van der Waals surface area contributed by atoms with Gasteiger partial charge in [0.15, 0.2) is 11.6 Å². The minimum absolute atomic E-state index is 0.0441. The fraction of sp³-hybridized carbons (Fsp3) is 0.0385. The molecule has 0 saturated heterocycles. The molecule has 0 spiro atoms. The fourth-order valence-electron chi connectivity index (χ4n) is 4.32. The smallest absolute Gasteiger partial charge is 0.177 e. The zero-order valence-electron chi connectivity index (χ0n) is 16.2. The van der Waals surface area contributed by atoms with Gasteiger partial charge in [-0.3, -0.25) is 0 Å². The topological polar surface area (TPSA) is 44.5 Å². The van der Waals surface area contributed by atoms with Crippen molar-refractivity contribution in [2.75, 3.05) is 4.90 Å². The van der Waals surface area contributed by atoms with Crippen molar-refractivity contribution >= 4 is 28.1 Å². The summed E-state index contributed by atoms with van der Waals surface area (Å²) in [5, 5.41) is 1.21. The third-order valence-corrected chi connectivity index (χ3v) is 5.64. The molecule has 0 radical (unpaired) electrons. The highest BCUT2D eigenvalue weighted by atomic mass is 16.3. The van der Waals surface area contributed by atoms with Gasteiger partial charge in [0.05, 0.1) is 18.0 Å². The van der Waals surface area contributed by atoms with Gasteiger partial charge in [0.25, 0.3) is 0 Å². The third-order valence-electron chi connectivity index (χ3n) is 5.64. The van der Waals surface area contributed by atoms with Gasteiger partial charge >= 0.3 is 0 Å². The number of aliphatic imine (C=N–C) groups is 1. The molecule has 5 aromatic rings. The number of rotatable bonds is 3. The number of para-hydroxylation sites is 3. The molecule has 0 amide bonds. The Morgan fingerprint density at radius 1 is 0.767 bits per heavy atom. The summed E-state index contributed by atoms with van der Waals surface area (Å²) >= 11 is 0. The Balaban J connectivity index is 1.67. The number of anilines is 1. The predicted octanol–water partition coefficient (Wildman–Crippen LogP) is 6.45. The van der Waals surface area contributed by atoms with Gasteiger partial charge in [-0.2, -0.15) is 0 Å². The molecule has 3 heterocycles. The molecule has 6 rings (SSSR count). The predicted molar refractivity (Wildman–Crippen MR) is 120 cm³/mol. The van der Waals surface area contributed by atoms with Crippen LogP contribution in [0.2, 0.25) is 0 Å². The molecule has 0 fully saturated rings. The van der Waals surface area contributed by atoms with E-state index in [4.69, 9.17) is 9.41 Å². The van der Waals surface area contributed by atoms with Crippen LogP contribution in [0.15, 0.2) is 113 Å². The number of hydrogen-bond acceptors (Lipinski definition) is 3. The second kappa shape index (κ2) is 6.78. The van der Waals surface area contributed by atoms with Gasteiger partial charge in [-0.05, 0) is 36.4 Å². The Morgan fingerprint density at radius 2 is 1.57 bits per heavy atom. The summed E-state index contributed by atoms with van der Waals surface area (Å²) in [6.45, 7) is 0. The van der Waals surface area contributed by atoms with E-state index in [0.717, 1.165) is 28.5 Å². The SMILES string of the molecule is c1ccc(N2C(c3ccco3)=Nc3ccccc3C2c2c[nH]c3ccccc23)cc1. The summed E-state index contributed by atoms with van der Waals surface area (Å²) in [7, 11) is 0. The lowest BCUT2D eigenvalue weighted by molar-refractivity contribution is 0.554. The Hall–Kier alpha value is -4.05. The molecule has 4 heteroatoms. The first kappa shape index (κ1) is 16.9. The molecule has 0 bridgehead atoms. The van der Waals surface area contributed by atoms with E-state index in [1.807, 2.05) is 24.3 Å². The van der Waals surface area contributed by atoms with Gasteiger partial charge in [0, 0.05) is 33.9 Å². The highest BCUT2D eigenvalue weighted by Gasteiger charge is 2.35. The Labute approximate surface area is 174 Å². The van der Waals surface area contributed by atoms with Crippen LogP contribution in [0, 0.1) is 0 Å². The summed E-state index contributed by atoms with van der Waals surface area (Å²) in [5.41, 5.74) is 5.53. The van der Waals surface area contributed by atoms with Crippen molar-refractivity contribution in [1.29, 1.82) is 0 Å². The maximum atomic E-state index is 5.81. The van der Waals surface area contributed by atoms with Gasteiger partial charge in [-0.1, -0.05) is 54.6 Å². The van der Waals surface area contributed by atoms with E-state index in [1.165, 1.54) is 16.5 Å². The normalized spacial score (nSPS) is 15.8. The molecule has 1 aliphatic rings. The van der Waals surface area contributed by atoms with Crippen LogP contribution in [0.3, 0.4) is 0 Å². The fourth-order valence-corrected chi connectivity index (χ4v) is 4.32. The minimum Gasteiger partial charge on any atom is -0.461 e. The highest BCUT2D eigenvalue weighted by Crippen LogP contribution is 2.44. The van der Waals surface area contributed by atoms with Gasteiger partial charge in [-0.25, -0.2) is 4.99 Å². The average molecular weight is 389 g/mol. The molecule has 1 atom stereocenters. The molecule has 0 aliphatic carbocycles. The van der Waals surface area contributed by atoms with E-state index in [-0.39, 0.29) is 6.04 Å². The number of amidine groups is 1. The van der Waals surface area contributed by atoms with Crippen molar-refractivity contribution in [3.63, 3.8) is 0 Å².